The van der Waals surface area contributed by atoms with Crippen molar-refractivity contribution < 1.29 is 4.79 Å². The van der Waals surface area contributed by atoms with Gasteiger partial charge < -0.3 is 10.2 Å². The monoisotopic (exact) mass is 371 g/mol. The van der Waals surface area contributed by atoms with Crippen LogP contribution in [0.1, 0.15) is 34.2 Å². The zero-order valence-corrected chi connectivity index (χ0v) is 15.9. The third kappa shape index (κ3) is 4.51. The molecule has 3 aromatic rings. The lowest BCUT2D eigenvalue weighted by Crippen LogP contribution is -2.31. The fourth-order valence-corrected chi connectivity index (χ4v) is 2.84. The van der Waals surface area contributed by atoms with Gasteiger partial charge in [0.05, 0.1) is 11.3 Å². The number of nitriles is 1. The second kappa shape index (κ2) is 8.78. The predicted octanol–water partition coefficient (Wildman–Crippen LogP) is 4.06. The summed E-state index contributed by atoms with van der Waals surface area (Å²) in [4.78, 5) is 23.5. The van der Waals surface area contributed by atoms with Gasteiger partial charge in [0.25, 0.3) is 5.91 Å². The maximum atomic E-state index is 13.0. The van der Waals surface area contributed by atoms with Gasteiger partial charge in [0.1, 0.15) is 11.8 Å². The average Bonchev–Trinajstić information content (AvgIpc) is 2.72. The number of anilines is 2. The van der Waals surface area contributed by atoms with Gasteiger partial charge in [-0.1, -0.05) is 42.5 Å². The van der Waals surface area contributed by atoms with Crippen LogP contribution in [-0.2, 0) is 6.54 Å². The van der Waals surface area contributed by atoms with Gasteiger partial charge in [-0.25, -0.2) is 9.97 Å². The lowest BCUT2D eigenvalue weighted by atomic mass is 10.2. The lowest BCUT2D eigenvalue weighted by Gasteiger charge is -2.21. The highest BCUT2D eigenvalue weighted by molar-refractivity contribution is 5.92. The number of nitrogens with zero attached hydrogens (tertiary/aromatic N) is 4. The molecule has 3 rings (SSSR count). The summed E-state index contributed by atoms with van der Waals surface area (Å²) in [5.41, 5.74) is 3.14. The Balaban J connectivity index is 1.85. The summed E-state index contributed by atoms with van der Waals surface area (Å²) in [7, 11) is 0. The molecule has 1 amide bonds. The van der Waals surface area contributed by atoms with Gasteiger partial charge >= 0.3 is 0 Å². The first-order valence-corrected chi connectivity index (χ1v) is 9.05. The number of rotatable bonds is 6. The Bertz CT molecular complexity index is 1010. The van der Waals surface area contributed by atoms with E-state index in [-0.39, 0.29) is 5.91 Å². The number of carbonyl (C=O) groups is 1. The molecule has 0 aliphatic carbocycles. The smallest absolute Gasteiger partial charge is 0.272 e. The number of para-hydroxylation sites is 1. The van der Waals surface area contributed by atoms with E-state index in [1.807, 2.05) is 50.2 Å². The highest BCUT2D eigenvalue weighted by Gasteiger charge is 2.18. The molecular formula is C22H21N5O. The molecule has 0 radical (unpaired) electrons. The van der Waals surface area contributed by atoms with Gasteiger partial charge in [0.15, 0.2) is 0 Å². The molecule has 0 spiro atoms. The molecule has 1 N–H and O–H groups in total. The van der Waals surface area contributed by atoms with Crippen LogP contribution in [0.5, 0.6) is 0 Å². The van der Waals surface area contributed by atoms with Crippen LogP contribution in [0.2, 0.25) is 0 Å². The number of nitrogens with one attached hydrogen (secondary N) is 1. The van der Waals surface area contributed by atoms with Gasteiger partial charge in [-0.2, -0.15) is 5.26 Å². The minimum absolute atomic E-state index is 0.159. The molecule has 6 nitrogen and oxygen atoms in total. The van der Waals surface area contributed by atoms with Crippen molar-refractivity contribution in [2.75, 3.05) is 11.9 Å². The first-order valence-electron chi connectivity index (χ1n) is 9.05. The second-order valence-corrected chi connectivity index (χ2v) is 6.31. The van der Waals surface area contributed by atoms with Gasteiger partial charge in [-0.3, -0.25) is 4.79 Å². The summed E-state index contributed by atoms with van der Waals surface area (Å²) < 4.78 is 0. The first-order chi connectivity index (χ1) is 13.6. The third-order valence-electron chi connectivity index (χ3n) is 4.25. The van der Waals surface area contributed by atoms with E-state index in [0.717, 1.165) is 5.56 Å². The van der Waals surface area contributed by atoms with Crippen molar-refractivity contribution in [1.29, 1.82) is 5.26 Å². The Labute approximate surface area is 164 Å². The number of hydrogen-bond acceptors (Lipinski definition) is 5. The maximum Gasteiger partial charge on any atom is 0.272 e. The van der Waals surface area contributed by atoms with Crippen LogP contribution in [-0.4, -0.2) is 27.3 Å². The SMILES string of the molecule is CCN(Cc1ccccc1)C(=O)c1cc(C)nc(Nc2ccccc2C#N)n1. The van der Waals surface area contributed by atoms with Gasteiger partial charge in [0.2, 0.25) is 5.95 Å². The molecule has 1 aromatic heterocycles. The molecule has 0 fully saturated rings. The summed E-state index contributed by atoms with van der Waals surface area (Å²) in [6.45, 7) is 4.83. The molecule has 0 aliphatic rings. The fourth-order valence-electron chi connectivity index (χ4n) is 2.84. The molecule has 0 aliphatic heterocycles. The minimum atomic E-state index is -0.159. The Morgan fingerprint density at radius 1 is 1.11 bits per heavy atom. The van der Waals surface area contributed by atoms with Crippen molar-refractivity contribution in [3.8, 4) is 6.07 Å². The van der Waals surface area contributed by atoms with E-state index in [4.69, 9.17) is 0 Å². The Kier molecular flexibility index (Phi) is 5.97. The van der Waals surface area contributed by atoms with Crippen LogP contribution in [0, 0.1) is 18.3 Å². The molecule has 2 aromatic carbocycles. The van der Waals surface area contributed by atoms with Crippen LogP contribution < -0.4 is 5.32 Å². The number of benzene rings is 2. The maximum absolute atomic E-state index is 13.0. The highest BCUT2D eigenvalue weighted by atomic mass is 16.2. The minimum Gasteiger partial charge on any atom is -0.333 e. The van der Waals surface area contributed by atoms with Crippen molar-refractivity contribution in [3.05, 3.63) is 83.2 Å². The van der Waals surface area contributed by atoms with Crippen molar-refractivity contribution in [3.63, 3.8) is 0 Å². The molecule has 140 valence electrons. The number of carbonyl (C=O) groups excluding carboxylic acids is 1. The van der Waals surface area contributed by atoms with E-state index in [1.165, 1.54) is 0 Å². The predicted molar refractivity (Wildman–Crippen MR) is 108 cm³/mol. The molecule has 0 atom stereocenters. The summed E-state index contributed by atoms with van der Waals surface area (Å²) in [5, 5.41) is 12.3. The summed E-state index contributed by atoms with van der Waals surface area (Å²) in [6, 6.07) is 20.8. The summed E-state index contributed by atoms with van der Waals surface area (Å²) >= 11 is 0. The number of amides is 1. The normalized spacial score (nSPS) is 10.2. The molecular weight excluding hydrogens is 350 g/mol. The summed E-state index contributed by atoms with van der Waals surface area (Å²) in [6.07, 6.45) is 0. The van der Waals surface area contributed by atoms with Crippen molar-refractivity contribution >= 4 is 17.5 Å². The van der Waals surface area contributed by atoms with Crippen LogP contribution in [0.3, 0.4) is 0 Å². The Morgan fingerprint density at radius 3 is 2.54 bits per heavy atom. The van der Waals surface area contributed by atoms with Gasteiger partial charge in [-0.15, -0.1) is 0 Å². The topological polar surface area (TPSA) is 81.9 Å². The number of aromatic nitrogens is 2. The van der Waals surface area contributed by atoms with Gasteiger partial charge in [0, 0.05) is 18.8 Å². The summed E-state index contributed by atoms with van der Waals surface area (Å²) in [5.74, 6) is 0.135. The standard InChI is InChI=1S/C22H21N5O/c1-3-27(15-17-9-5-4-6-10-17)21(28)20-13-16(2)24-22(26-20)25-19-12-8-7-11-18(19)14-23/h4-13H,3,15H2,1-2H3,(H,24,25,26). The number of aryl methyl sites for hydroxylation is 1. The Hall–Kier alpha value is -3.72. The van der Waals surface area contributed by atoms with E-state index in [9.17, 15) is 10.1 Å². The van der Waals surface area contributed by atoms with Crippen molar-refractivity contribution in [1.82, 2.24) is 14.9 Å². The zero-order valence-electron chi connectivity index (χ0n) is 15.9. The van der Waals surface area contributed by atoms with Gasteiger partial charge in [-0.05, 0) is 37.6 Å². The first kappa shape index (κ1) is 19.1. The number of hydrogen-bond donors (Lipinski definition) is 1. The third-order valence-corrected chi connectivity index (χ3v) is 4.25. The molecule has 1 heterocycles. The van der Waals surface area contributed by atoms with E-state index in [0.29, 0.717) is 41.7 Å². The van der Waals surface area contributed by atoms with E-state index < -0.39 is 0 Å². The lowest BCUT2D eigenvalue weighted by molar-refractivity contribution is 0.0746. The molecule has 0 saturated carbocycles. The molecule has 0 bridgehead atoms. The molecule has 0 unspecified atom stereocenters. The van der Waals surface area contributed by atoms with E-state index >= 15 is 0 Å². The molecule has 0 saturated heterocycles. The quantitative estimate of drug-likeness (QED) is 0.706. The van der Waals surface area contributed by atoms with Crippen LogP contribution in [0.4, 0.5) is 11.6 Å². The van der Waals surface area contributed by atoms with Crippen LogP contribution in [0.25, 0.3) is 0 Å². The average molecular weight is 371 g/mol. The zero-order chi connectivity index (χ0) is 19.9. The highest BCUT2D eigenvalue weighted by Crippen LogP contribution is 2.19. The second-order valence-electron chi connectivity index (χ2n) is 6.31. The van der Waals surface area contributed by atoms with Crippen LogP contribution in [0.15, 0.2) is 60.7 Å². The molecule has 6 heteroatoms. The van der Waals surface area contributed by atoms with Crippen LogP contribution >= 0.6 is 0 Å². The van der Waals surface area contributed by atoms with Crippen molar-refractivity contribution in [2.24, 2.45) is 0 Å². The molecule has 28 heavy (non-hydrogen) atoms. The Morgan fingerprint density at radius 2 is 1.82 bits per heavy atom. The largest absolute Gasteiger partial charge is 0.333 e. The fraction of sp³-hybridized carbons (Fsp3) is 0.182. The van der Waals surface area contributed by atoms with E-state index in [2.05, 4.69) is 21.4 Å². The van der Waals surface area contributed by atoms with E-state index in [1.54, 1.807) is 29.2 Å². The van der Waals surface area contributed by atoms with Crippen molar-refractivity contribution in [2.45, 2.75) is 20.4 Å².